The quantitative estimate of drug-likeness (QED) is 0.351. The number of imidazole rings is 1. The molecule has 0 saturated carbocycles. The minimum atomic E-state index is 0.0948. The standard InChI is InChI=1S/C25H31N3O2/c1-3-11-20-12-5-8-15-23(20)30-19-10-18-28-22-14-7-6-13-21(22)27-24(28)16-9-17-26-25(29)4-2/h3,5-8,12-15H,1,4,9-11,16-19H2,2H3,(H,26,29). The SMILES string of the molecule is C=CCc1ccccc1OCCCn1c(CCCNC(=O)CC)nc2ccccc21. The highest BCUT2D eigenvalue weighted by Crippen LogP contribution is 2.20. The Hall–Kier alpha value is -3.08. The molecular weight excluding hydrogens is 374 g/mol. The summed E-state index contributed by atoms with van der Waals surface area (Å²) in [7, 11) is 0. The van der Waals surface area contributed by atoms with Crippen molar-refractivity contribution in [2.45, 2.75) is 45.6 Å². The number of nitrogens with zero attached hydrogens (tertiary/aromatic N) is 2. The van der Waals surface area contributed by atoms with Crippen molar-refractivity contribution in [2.24, 2.45) is 0 Å². The zero-order valence-electron chi connectivity index (χ0n) is 17.8. The van der Waals surface area contributed by atoms with Crippen molar-refractivity contribution in [1.29, 1.82) is 0 Å². The Morgan fingerprint density at radius 1 is 1.17 bits per heavy atom. The molecule has 0 bridgehead atoms. The maximum atomic E-state index is 11.4. The molecule has 5 heteroatoms. The summed E-state index contributed by atoms with van der Waals surface area (Å²) in [6, 6.07) is 16.4. The molecule has 30 heavy (non-hydrogen) atoms. The molecule has 2 aromatic carbocycles. The third kappa shape index (κ3) is 5.72. The van der Waals surface area contributed by atoms with E-state index in [1.54, 1.807) is 0 Å². The van der Waals surface area contributed by atoms with E-state index >= 15 is 0 Å². The van der Waals surface area contributed by atoms with E-state index in [1.165, 1.54) is 0 Å². The highest BCUT2D eigenvalue weighted by Gasteiger charge is 2.10. The summed E-state index contributed by atoms with van der Waals surface area (Å²) < 4.78 is 8.34. The lowest BCUT2D eigenvalue weighted by Crippen LogP contribution is -2.23. The molecule has 0 saturated heterocycles. The number of rotatable bonds is 12. The first-order valence-corrected chi connectivity index (χ1v) is 10.8. The molecule has 3 rings (SSSR count). The summed E-state index contributed by atoms with van der Waals surface area (Å²) in [6.07, 6.45) is 5.83. The fourth-order valence-corrected chi connectivity index (χ4v) is 3.54. The van der Waals surface area contributed by atoms with Gasteiger partial charge in [-0.3, -0.25) is 4.79 Å². The number of aryl methyl sites for hydroxylation is 2. The topological polar surface area (TPSA) is 56.1 Å². The van der Waals surface area contributed by atoms with Gasteiger partial charge in [-0.05, 0) is 43.0 Å². The third-order valence-corrected chi connectivity index (χ3v) is 5.07. The second-order valence-electron chi connectivity index (χ2n) is 7.28. The fraction of sp³-hybridized carbons (Fsp3) is 0.360. The van der Waals surface area contributed by atoms with E-state index in [1.807, 2.05) is 43.3 Å². The monoisotopic (exact) mass is 405 g/mol. The van der Waals surface area contributed by atoms with Gasteiger partial charge in [0.05, 0.1) is 17.6 Å². The van der Waals surface area contributed by atoms with Gasteiger partial charge in [-0.15, -0.1) is 6.58 Å². The van der Waals surface area contributed by atoms with Crippen LogP contribution in [0.2, 0.25) is 0 Å². The molecule has 1 N–H and O–H groups in total. The summed E-state index contributed by atoms with van der Waals surface area (Å²) >= 11 is 0. The summed E-state index contributed by atoms with van der Waals surface area (Å²) in [5, 5.41) is 2.94. The largest absolute Gasteiger partial charge is 0.493 e. The second-order valence-corrected chi connectivity index (χ2v) is 7.28. The van der Waals surface area contributed by atoms with Gasteiger partial charge in [0.15, 0.2) is 0 Å². The summed E-state index contributed by atoms with van der Waals surface area (Å²) in [5.74, 6) is 2.09. The first-order valence-electron chi connectivity index (χ1n) is 10.8. The van der Waals surface area contributed by atoms with Crippen LogP contribution >= 0.6 is 0 Å². The maximum Gasteiger partial charge on any atom is 0.219 e. The molecule has 158 valence electrons. The van der Waals surface area contributed by atoms with Gasteiger partial charge >= 0.3 is 0 Å². The number of carbonyl (C=O) groups is 1. The number of aromatic nitrogens is 2. The lowest BCUT2D eigenvalue weighted by atomic mass is 10.1. The van der Waals surface area contributed by atoms with Gasteiger partial charge in [-0.1, -0.05) is 43.3 Å². The molecule has 0 aliphatic carbocycles. The van der Waals surface area contributed by atoms with E-state index in [0.29, 0.717) is 19.6 Å². The number of ether oxygens (including phenoxy) is 1. The van der Waals surface area contributed by atoms with E-state index in [4.69, 9.17) is 9.72 Å². The first kappa shape index (κ1) is 21.6. The van der Waals surface area contributed by atoms with Crippen LogP contribution in [0.25, 0.3) is 11.0 Å². The number of fused-ring (bicyclic) bond motifs is 1. The van der Waals surface area contributed by atoms with Gasteiger partial charge in [0.1, 0.15) is 11.6 Å². The van der Waals surface area contributed by atoms with Gasteiger partial charge in [0.25, 0.3) is 0 Å². The van der Waals surface area contributed by atoms with E-state index in [0.717, 1.165) is 60.4 Å². The normalized spacial score (nSPS) is 10.8. The van der Waals surface area contributed by atoms with Crippen molar-refractivity contribution in [3.63, 3.8) is 0 Å². The molecule has 0 fully saturated rings. The Kier molecular flexibility index (Phi) is 8.07. The summed E-state index contributed by atoms with van der Waals surface area (Å²) in [6.45, 7) is 7.86. The number of para-hydroxylation sites is 3. The molecule has 0 spiro atoms. The van der Waals surface area contributed by atoms with Gasteiger partial charge in [-0.2, -0.15) is 0 Å². The van der Waals surface area contributed by atoms with Gasteiger partial charge in [0.2, 0.25) is 5.91 Å². The smallest absolute Gasteiger partial charge is 0.219 e. The molecule has 3 aromatic rings. The number of hydrogen-bond donors (Lipinski definition) is 1. The number of hydrogen-bond acceptors (Lipinski definition) is 3. The van der Waals surface area contributed by atoms with Crippen molar-refractivity contribution in [3.05, 3.63) is 72.6 Å². The molecule has 0 aliphatic rings. The lowest BCUT2D eigenvalue weighted by molar-refractivity contribution is -0.120. The van der Waals surface area contributed by atoms with Crippen LogP contribution in [0.4, 0.5) is 0 Å². The molecule has 0 aliphatic heterocycles. The molecule has 1 aromatic heterocycles. The lowest BCUT2D eigenvalue weighted by Gasteiger charge is -2.12. The molecular formula is C25H31N3O2. The Labute approximate surface area is 178 Å². The number of benzene rings is 2. The highest BCUT2D eigenvalue weighted by atomic mass is 16.5. The maximum absolute atomic E-state index is 11.4. The average molecular weight is 406 g/mol. The van der Waals surface area contributed by atoms with Crippen LogP contribution in [0.3, 0.4) is 0 Å². The molecule has 1 heterocycles. The number of carbonyl (C=O) groups excluding carboxylic acids is 1. The van der Waals surface area contributed by atoms with Gasteiger partial charge < -0.3 is 14.6 Å². The summed E-state index contributed by atoms with van der Waals surface area (Å²) in [4.78, 5) is 16.3. The molecule has 0 unspecified atom stereocenters. The number of allylic oxidation sites excluding steroid dienone is 1. The van der Waals surface area contributed by atoms with Gasteiger partial charge in [-0.25, -0.2) is 4.98 Å². The van der Waals surface area contributed by atoms with Gasteiger partial charge in [0, 0.05) is 25.9 Å². The zero-order chi connectivity index (χ0) is 21.2. The van der Waals surface area contributed by atoms with Crippen molar-refractivity contribution in [2.75, 3.05) is 13.2 Å². The molecule has 1 amide bonds. The number of nitrogens with one attached hydrogen (secondary N) is 1. The predicted octanol–water partition coefficient (Wildman–Crippen LogP) is 4.69. The predicted molar refractivity (Wildman–Crippen MR) is 122 cm³/mol. The fourth-order valence-electron chi connectivity index (χ4n) is 3.54. The molecule has 0 radical (unpaired) electrons. The second kappa shape index (κ2) is 11.2. The Morgan fingerprint density at radius 3 is 2.80 bits per heavy atom. The van der Waals surface area contributed by atoms with Crippen LogP contribution in [0, 0.1) is 0 Å². The van der Waals surface area contributed by atoms with Crippen molar-refractivity contribution < 1.29 is 9.53 Å². The molecule has 0 atom stereocenters. The summed E-state index contributed by atoms with van der Waals surface area (Å²) in [5.41, 5.74) is 3.33. The van der Waals surface area contributed by atoms with E-state index < -0.39 is 0 Å². The van der Waals surface area contributed by atoms with Crippen LogP contribution in [0.15, 0.2) is 61.2 Å². The highest BCUT2D eigenvalue weighted by molar-refractivity contribution is 5.76. The van der Waals surface area contributed by atoms with Crippen LogP contribution in [0.5, 0.6) is 5.75 Å². The van der Waals surface area contributed by atoms with E-state index in [9.17, 15) is 4.79 Å². The minimum Gasteiger partial charge on any atom is -0.493 e. The Morgan fingerprint density at radius 2 is 1.97 bits per heavy atom. The average Bonchev–Trinajstić information content (AvgIpc) is 3.12. The van der Waals surface area contributed by atoms with E-state index in [2.05, 4.69) is 34.7 Å². The van der Waals surface area contributed by atoms with Crippen LogP contribution in [-0.2, 0) is 24.2 Å². The van der Waals surface area contributed by atoms with Crippen LogP contribution in [0.1, 0.15) is 37.6 Å². The van der Waals surface area contributed by atoms with Crippen molar-refractivity contribution in [1.82, 2.24) is 14.9 Å². The Bertz CT molecular complexity index is 977. The van der Waals surface area contributed by atoms with Crippen molar-refractivity contribution in [3.8, 4) is 5.75 Å². The van der Waals surface area contributed by atoms with E-state index in [-0.39, 0.29) is 5.91 Å². The third-order valence-electron chi connectivity index (χ3n) is 5.07. The van der Waals surface area contributed by atoms with Crippen molar-refractivity contribution >= 4 is 16.9 Å². The Balaban J connectivity index is 1.60. The first-order chi connectivity index (χ1) is 14.7. The molecule has 5 nitrogen and oxygen atoms in total. The minimum absolute atomic E-state index is 0.0948. The zero-order valence-corrected chi connectivity index (χ0v) is 17.8. The van der Waals surface area contributed by atoms with Crippen LogP contribution in [-0.4, -0.2) is 28.6 Å². The van der Waals surface area contributed by atoms with Crippen LogP contribution < -0.4 is 10.1 Å². The number of amides is 1.